The van der Waals surface area contributed by atoms with E-state index in [1.54, 1.807) is 32.0 Å². The minimum absolute atomic E-state index is 0.220. The highest BCUT2D eigenvalue weighted by molar-refractivity contribution is 5.94. The van der Waals surface area contributed by atoms with E-state index >= 15 is 0 Å². The Morgan fingerprint density at radius 1 is 1.33 bits per heavy atom. The summed E-state index contributed by atoms with van der Waals surface area (Å²) in [6.45, 7) is 3.72. The largest absolute Gasteiger partial charge is 0.469 e. The summed E-state index contributed by atoms with van der Waals surface area (Å²) < 4.78 is 18.4. The Balaban J connectivity index is 2.02. The van der Waals surface area contributed by atoms with Gasteiger partial charge in [-0.3, -0.25) is 4.79 Å². The average Bonchev–Trinajstić information content (AvgIpc) is 2.77. The van der Waals surface area contributed by atoms with Gasteiger partial charge in [-0.05, 0) is 37.1 Å². The van der Waals surface area contributed by atoms with Crippen molar-refractivity contribution in [1.29, 1.82) is 0 Å². The van der Waals surface area contributed by atoms with Gasteiger partial charge in [-0.15, -0.1) is 0 Å². The second-order valence-corrected chi connectivity index (χ2v) is 4.16. The molecule has 2 rings (SSSR count). The number of carbonyl (C=O) groups is 1. The number of amides is 1. The van der Waals surface area contributed by atoms with Crippen LogP contribution in [-0.4, -0.2) is 5.91 Å². The molecule has 0 spiro atoms. The molecule has 0 saturated heterocycles. The first-order valence-electron chi connectivity index (χ1n) is 5.65. The van der Waals surface area contributed by atoms with E-state index in [4.69, 9.17) is 4.42 Å². The van der Waals surface area contributed by atoms with E-state index < -0.39 is 0 Å². The predicted octanol–water partition coefficient (Wildman–Crippen LogP) is 2.97. The number of aryl methyl sites for hydroxylation is 2. The molecule has 18 heavy (non-hydrogen) atoms. The fourth-order valence-corrected chi connectivity index (χ4v) is 1.64. The molecule has 1 aromatic heterocycles. The maximum Gasteiger partial charge on any atom is 0.255 e. The zero-order valence-electron chi connectivity index (χ0n) is 10.3. The molecule has 3 nitrogen and oxygen atoms in total. The molecule has 0 aliphatic carbocycles. The standard InChI is InChI=1S/C14H14FNO2/c1-9-3-4-11(7-13(9)15)8-16-14(17)12-5-6-18-10(12)2/h3-7H,8H2,1-2H3,(H,16,17). The minimum atomic E-state index is -0.263. The van der Waals surface area contributed by atoms with Gasteiger partial charge in [0.15, 0.2) is 0 Å². The molecule has 1 amide bonds. The molecule has 0 saturated carbocycles. The summed E-state index contributed by atoms with van der Waals surface area (Å²) in [5.41, 5.74) is 1.82. The number of furan rings is 1. The molecule has 0 atom stereocenters. The van der Waals surface area contributed by atoms with E-state index in [-0.39, 0.29) is 11.7 Å². The summed E-state index contributed by atoms with van der Waals surface area (Å²) in [7, 11) is 0. The molecule has 1 N–H and O–H groups in total. The van der Waals surface area contributed by atoms with Gasteiger partial charge >= 0.3 is 0 Å². The fourth-order valence-electron chi connectivity index (χ4n) is 1.64. The summed E-state index contributed by atoms with van der Waals surface area (Å²) in [4.78, 5) is 11.8. The van der Waals surface area contributed by atoms with E-state index in [1.807, 2.05) is 0 Å². The van der Waals surface area contributed by atoms with Crippen molar-refractivity contribution in [2.24, 2.45) is 0 Å². The molecule has 0 fully saturated rings. The van der Waals surface area contributed by atoms with Crippen molar-refractivity contribution in [2.75, 3.05) is 0 Å². The molecule has 0 aliphatic rings. The van der Waals surface area contributed by atoms with Crippen LogP contribution in [0.5, 0.6) is 0 Å². The Hall–Kier alpha value is -2.10. The topological polar surface area (TPSA) is 42.2 Å². The third-order valence-corrected chi connectivity index (χ3v) is 2.79. The summed E-state index contributed by atoms with van der Waals surface area (Å²) >= 11 is 0. The average molecular weight is 247 g/mol. The van der Waals surface area contributed by atoms with Crippen molar-refractivity contribution in [3.05, 3.63) is 58.8 Å². The van der Waals surface area contributed by atoms with E-state index in [1.165, 1.54) is 12.3 Å². The van der Waals surface area contributed by atoms with E-state index in [2.05, 4.69) is 5.32 Å². The first kappa shape index (κ1) is 12.4. The summed E-state index contributed by atoms with van der Waals surface area (Å²) in [5.74, 6) is 0.0889. The molecule has 4 heteroatoms. The molecule has 0 unspecified atom stereocenters. The maximum absolute atomic E-state index is 13.3. The van der Waals surface area contributed by atoms with Crippen molar-refractivity contribution in [3.8, 4) is 0 Å². The van der Waals surface area contributed by atoms with Crippen molar-refractivity contribution in [3.63, 3.8) is 0 Å². The molecule has 94 valence electrons. The van der Waals surface area contributed by atoms with Crippen molar-refractivity contribution >= 4 is 5.91 Å². The van der Waals surface area contributed by atoms with Crippen LogP contribution in [0.15, 0.2) is 34.9 Å². The number of hydrogen-bond acceptors (Lipinski definition) is 2. The SMILES string of the molecule is Cc1ccc(CNC(=O)c2ccoc2C)cc1F. The number of rotatable bonds is 3. The molecule has 2 aromatic rings. The van der Waals surface area contributed by atoms with Crippen LogP contribution in [0, 0.1) is 19.7 Å². The second kappa shape index (κ2) is 5.04. The Bertz CT molecular complexity index is 575. The van der Waals surface area contributed by atoms with Crippen molar-refractivity contribution < 1.29 is 13.6 Å². The highest BCUT2D eigenvalue weighted by Crippen LogP contribution is 2.11. The van der Waals surface area contributed by atoms with Gasteiger partial charge in [0, 0.05) is 6.54 Å². The summed E-state index contributed by atoms with van der Waals surface area (Å²) in [6, 6.07) is 6.53. The zero-order valence-corrected chi connectivity index (χ0v) is 10.3. The first-order valence-corrected chi connectivity index (χ1v) is 5.65. The van der Waals surface area contributed by atoms with Crippen LogP contribution < -0.4 is 5.32 Å². The highest BCUT2D eigenvalue weighted by atomic mass is 19.1. The molecular weight excluding hydrogens is 233 g/mol. The van der Waals surface area contributed by atoms with Gasteiger partial charge in [-0.1, -0.05) is 12.1 Å². The third-order valence-electron chi connectivity index (χ3n) is 2.79. The Kier molecular flexibility index (Phi) is 3.46. The summed E-state index contributed by atoms with van der Waals surface area (Å²) in [6.07, 6.45) is 1.47. The van der Waals surface area contributed by atoms with Crippen LogP contribution in [0.3, 0.4) is 0 Å². The first-order chi connectivity index (χ1) is 8.58. The lowest BCUT2D eigenvalue weighted by atomic mass is 10.1. The quantitative estimate of drug-likeness (QED) is 0.906. The third kappa shape index (κ3) is 2.59. The van der Waals surface area contributed by atoms with E-state index in [9.17, 15) is 9.18 Å². The number of nitrogens with one attached hydrogen (secondary N) is 1. The molecule has 1 heterocycles. The van der Waals surface area contributed by atoms with Gasteiger partial charge in [-0.2, -0.15) is 0 Å². The lowest BCUT2D eigenvalue weighted by Crippen LogP contribution is -2.23. The van der Waals surface area contributed by atoms with Gasteiger partial charge in [0.1, 0.15) is 11.6 Å². The van der Waals surface area contributed by atoms with Crippen molar-refractivity contribution in [1.82, 2.24) is 5.32 Å². The van der Waals surface area contributed by atoms with Gasteiger partial charge in [0.2, 0.25) is 0 Å². The van der Waals surface area contributed by atoms with Crippen molar-refractivity contribution in [2.45, 2.75) is 20.4 Å². The molecular formula is C14H14FNO2. The van der Waals surface area contributed by atoms with Crippen LogP contribution in [0.1, 0.15) is 27.2 Å². The lowest BCUT2D eigenvalue weighted by Gasteiger charge is -2.05. The Morgan fingerprint density at radius 3 is 2.72 bits per heavy atom. The van der Waals surface area contributed by atoms with Crippen LogP contribution in [-0.2, 0) is 6.54 Å². The smallest absolute Gasteiger partial charge is 0.255 e. The second-order valence-electron chi connectivity index (χ2n) is 4.16. The summed E-state index contributed by atoms with van der Waals surface area (Å²) in [5, 5.41) is 2.72. The molecule has 0 aliphatic heterocycles. The molecule has 0 radical (unpaired) electrons. The molecule has 1 aromatic carbocycles. The zero-order chi connectivity index (χ0) is 13.1. The Morgan fingerprint density at radius 2 is 2.11 bits per heavy atom. The van der Waals surface area contributed by atoms with Crippen LogP contribution in [0.25, 0.3) is 0 Å². The van der Waals surface area contributed by atoms with Gasteiger partial charge in [0.05, 0.1) is 11.8 Å². The minimum Gasteiger partial charge on any atom is -0.469 e. The predicted molar refractivity (Wildman–Crippen MR) is 65.8 cm³/mol. The van der Waals surface area contributed by atoms with Crippen LogP contribution in [0.4, 0.5) is 4.39 Å². The number of carbonyl (C=O) groups excluding carboxylic acids is 1. The monoisotopic (exact) mass is 247 g/mol. The highest BCUT2D eigenvalue weighted by Gasteiger charge is 2.10. The normalized spacial score (nSPS) is 10.4. The van der Waals surface area contributed by atoms with Gasteiger partial charge in [-0.25, -0.2) is 4.39 Å². The van der Waals surface area contributed by atoms with E-state index in [0.29, 0.717) is 23.4 Å². The lowest BCUT2D eigenvalue weighted by molar-refractivity contribution is 0.0949. The van der Waals surface area contributed by atoms with Crippen LogP contribution >= 0.6 is 0 Å². The fraction of sp³-hybridized carbons (Fsp3) is 0.214. The Labute approximate surface area is 105 Å². The molecule has 0 bridgehead atoms. The number of hydrogen-bond donors (Lipinski definition) is 1. The van der Waals surface area contributed by atoms with E-state index in [0.717, 1.165) is 5.56 Å². The van der Waals surface area contributed by atoms with Crippen LogP contribution in [0.2, 0.25) is 0 Å². The maximum atomic E-state index is 13.3. The number of benzene rings is 1. The van der Waals surface area contributed by atoms with Gasteiger partial charge < -0.3 is 9.73 Å². The van der Waals surface area contributed by atoms with Gasteiger partial charge in [0.25, 0.3) is 5.91 Å². The number of halogens is 1.